The summed E-state index contributed by atoms with van der Waals surface area (Å²) in [7, 11) is 0. The van der Waals surface area contributed by atoms with Crippen molar-refractivity contribution < 1.29 is 4.79 Å². The number of hydrogen-bond donors (Lipinski definition) is 2. The lowest BCUT2D eigenvalue weighted by Gasteiger charge is -2.05. The van der Waals surface area contributed by atoms with E-state index in [1.165, 1.54) is 0 Å². The zero-order valence-corrected chi connectivity index (χ0v) is 11.2. The predicted octanol–water partition coefficient (Wildman–Crippen LogP) is 3.24. The average Bonchev–Trinajstić information content (AvgIpc) is 2.64. The lowest BCUT2D eigenvalue weighted by molar-refractivity contribution is 0.102. The molecule has 1 aromatic carbocycles. The number of rotatable bonds is 2. The standard InChI is InChI=1S/C13H14ClN3O/c1-7-4-5-10(6-11(7)14)13(18)15-12-8(2)9(3)16-17-12/h4-6H,1-3H3,(H2,15,16,17,18). The molecule has 0 saturated carbocycles. The molecular weight excluding hydrogens is 250 g/mol. The van der Waals surface area contributed by atoms with Crippen LogP contribution in [0, 0.1) is 20.8 Å². The molecule has 0 aliphatic carbocycles. The van der Waals surface area contributed by atoms with Gasteiger partial charge in [-0.05, 0) is 38.5 Å². The first-order chi connectivity index (χ1) is 8.49. The monoisotopic (exact) mass is 263 g/mol. The molecule has 0 radical (unpaired) electrons. The van der Waals surface area contributed by atoms with Crippen molar-refractivity contribution in [3.8, 4) is 0 Å². The Labute approximate surface area is 110 Å². The Morgan fingerprint density at radius 2 is 2.06 bits per heavy atom. The normalized spacial score (nSPS) is 10.4. The first kappa shape index (κ1) is 12.6. The van der Waals surface area contributed by atoms with E-state index in [0.29, 0.717) is 16.4 Å². The molecule has 4 nitrogen and oxygen atoms in total. The van der Waals surface area contributed by atoms with Crippen LogP contribution in [0.15, 0.2) is 18.2 Å². The second-order valence-electron chi connectivity index (χ2n) is 4.24. The summed E-state index contributed by atoms with van der Waals surface area (Å²) in [5, 5.41) is 10.2. The summed E-state index contributed by atoms with van der Waals surface area (Å²) in [5.74, 6) is 0.334. The Morgan fingerprint density at radius 3 is 2.61 bits per heavy atom. The number of carbonyl (C=O) groups excluding carboxylic acids is 1. The fourth-order valence-electron chi connectivity index (χ4n) is 1.52. The van der Waals surface area contributed by atoms with Crippen LogP contribution in [-0.2, 0) is 0 Å². The van der Waals surface area contributed by atoms with E-state index in [1.807, 2.05) is 26.8 Å². The predicted molar refractivity (Wildman–Crippen MR) is 72.2 cm³/mol. The van der Waals surface area contributed by atoms with Gasteiger partial charge in [-0.15, -0.1) is 0 Å². The quantitative estimate of drug-likeness (QED) is 0.874. The number of aromatic amines is 1. The smallest absolute Gasteiger partial charge is 0.256 e. The number of nitrogens with zero attached hydrogens (tertiary/aromatic N) is 1. The number of aromatic nitrogens is 2. The number of anilines is 1. The lowest BCUT2D eigenvalue weighted by Crippen LogP contribution is -2.13. The molecule has 18 heavy (non-hydrogen) atoms. The fourth-order valence-corrected chi connectivity index (χ4v) is 1.70. The molecule has 94 valence electrons. The van der Waals surface area contributed by atoms with Gasteiger partial charge in [0, 0.05) is 21.8 Å². The van der Waals surface area contributed by atoms with E-state index >= 15 is 0 Å². The highest BCUT2D eigenvalue weighted by Crippen LogP contribution is 2.19. The number of benzene rings is 1. The molecule has 0 bridgehead atoms. The van der Waals surface area contributed by atoms with Crippen molar-refractivity contribution in [1.29, 1.82) is 0 Å². The average molecular weight is 264 g/mol. The Bertz CT molecular complexity index is 604. The molecule has 2 rings (SSSR count). The van der Waals surface area contributed by atoms with Crippen LogP contribution >= 0.6 is 11.6 Å². The first-order valence-corrected chi connectivity index (χ1v) is 5.96. The van der Waals surface area contributed by atoms with Crippen LogP contribution in [0.1, 0.15) is 27.2 Å². The summed E-state index contributed by atoms with van der Waals surface area (Å²) in [5.41, 5.74) is 3.33. The molecule has 0 aliphatic heterocycles. The van der Waals surface area contributed by atoms with Crippen LogP contribution in [0.5, 0.6) is 0 Å². The van der Waals surface area contributed by atoms with Crippen molar-refractivity contribution in [2.75, 3.05) is 5.32 Å². The molecule has 0 spiro atoms. The van der Waals surface area contributed by atoms with Gasteiger partial charge in [0.25, 0.3) is 5.91 Å². The van der Waals surface area contributed by atoms with Crippen molar-refractivity contribution in [3.63, 3.8) is 0 Å². The fraction of sp³-hybridized carbons (Fsp3) is 0.231. The van der Waals surface area contributed by atoms with Crippen molar-refractivity contribution in [2.24, 2.45) is 0 Å². The molecule has 2 aromatic rings. The summed E-state index contributed by atoms with van der Waals surface area (Å²) < 4.78 is 0. The minimum absolute atomic E-state index is 0.216. The topological polar surface area (TPSA) is 57.8 Å². The number of hydrogen-bond acceptors (Lipinski definition) is 2. The van der Waals surface area contributed by atoms with Gasteiger partial charge in [-0.3, -0.25) is 9.89 Å². The van der Waals surface area contributed by atoms with E-state index in [0.717, 1.165) is 16.8 Å². The molecule has 1 amide bonds. The highest BCUT2D eigenvalue weighted by molar-refractivity contribution is 6.31. The van der Waals surface area contributed by atoms with Crippen LogP contribution in [0.25, 0.3) is 0 Å². The van der Waals surface area contributed by atoms with Crippen molar-refractivity contribution in [2.45, 2.75) is 20.8 Å². The second-order valence-corrected chi connectivity index (χ2v) is 4.65. The van der Waals surface area contributed by atoms with Gasteiger partial charge in [-0.25, -0.2) is 0 Å². The zero-order chi connectivity index (χ0) is 13.3. The third kappa shape index (κ3) is 2.38. The summed E-state index contributed by atoms with van der Waals surface area (Å²) in [6.07, 6.45) is 0. The maximum Gasteiger partial charge on any atom is 0.256 e. The number of amides is 1. The van der Waals surface area contributed by atoms with Crippen LogP contribution in [0.2, 0.25) is 5.02 Å². The molecule has 0 atom stereocenters. The van der Waals surface area contributed by atoms with Gasteiger partial charge < -0.3 is 5.32 Å². The minimum Gasteiger partial charge on any atom is -0.305 e. The van der Waals surface area contributed by atoms with Gasteiger partial charge in [0.15, 0.2) is 5.82 Å². The second kappa shape index (κ2) is 4.82. The van der Waals surface area contributed by atoms with Gasteiger partial charge >= 0.3 is 0 Å². The van der Waals surface area contributed by atoms with Crippen molar-refractivity contribution in [3.05, 3.63) is 45.6 Å². The molecule has 1 aromatic heterocycles. The Morgan fingerprint density at radius 1 is 1.33 bits per heavy atom. The van der Waals surface area contributed by atoms with E-state index in [2.05, 4.69) is 15.5 Å². The zero-order valence-electron chi connectivity index (χ0n) is 10.5. The van der Waals surface area contributed by atoms with Crippen molar-refractivity contribution in [1.82, 2.24) is 10.2 Å². The largest absolute Gasteiger partial charge is 0.305 e. The number of aryl methyl sites for hydroxylation is 2. The highest BCUT2D eigenvalue weighted by Gasteiger charge is 2.12. The van der Waals surface area contributed by atoms with E-state index in [-0.39, 0.29) is 5.91 Å². The van der Waals surface area contributed by atoms with Crippen LogP contribution in [0.4, 0.5) is 5.82 Å². The van der Waals surface area contributed by atoms with E-state index in [4.69, 9.17) is 11.6 Å². The third-order valence-corrected chi connectivity index (χ3v) is 3.33. The maximum atomic E-state index is 12.0. The number of nitrogens with one attached hydrogen (secondary N) is 2. The van der Waals surface area contributed by atoms with Gasteiger partial charge in [-0.1, -0.05) is 17.7 Å². The van der Waals surface area contributed by atoms with Gasteiger partial charge in [0.1, 0.15) is 0 Å². The Hall–Kier alpha value is -1.81. The molecule has 5 heteroatoms. The summed E-state index contributed by atoms with van der Waals surface area (Å²) in [6.45, 7) is 5.70. The molecule has 0 saturated heterocycles. The summed E-state index contributed by atoms with van der Waals surface area (Å²) in [4.78, 5) is 12.0. The van der Waals surface area contributed by atoms with Gasteiger partial charge in [0.05, 0.1) is 0 Å². The number of H-pyrrole nitrogens is 1. The summed E-state index contributed by atoms with van der Waals surface area (Å²) in [6, 6.07) is 5.21. The molecule has 1 heterocycles. The molecule has 0 unspecified atom stereocenters. The molecule has 0 fully saturated rings. The highest BCUT2D eigenvalue weighted by atomic mass is 35.5. The minimum atomic E-state index is -0.216. The Kier molecular flexibility index (Phi) is 3.39. The van der Waals surface area contributed by atoms with Crippen LogP contribution < -0.4 is 5.32 Å². The van der Waals surface area contributed by atoms with E-state index < -0.39 is 0 Å². The van der Waals surface area contributed by atoms with Crippen LogP contribution in [0.3, 0.4) is 0 Å². The summed E-state index contributed by atoms with van der Waals surface area (Å²) >= 11 is 5.99. The third-order valence-electron chi connectivity index (χ3n) is 2.92. The molecule has 0 aliphatic rings. The number of carbonyl (C=O) groups is 1. The van der Waals surface area contributed by atoms with Crippen molar-refractivity contribution >= 4 is 23.3 Å². The maximum absolute atomic E-state index is 12.0. The van der Waals surface area contributed by atoms with Gasteiger partial charge in [-0.2, -0.15) is 5.10 Å². The van der Waals surface area contributed by atoms with E-state index in [9.17, 15) is 4.79 Å². The first-order valence-electron chi connectivity index (χ1n) is 5.58. The van der Waals surface area contributed by atoms with E-state index in [1.54, 1.807) is 12.1 Å². The number of halogens is 1. The molecular formula is C13H14ClN3O. The Balaban J connectivity index is 2.22. The SMILES string of the molecule is Cc1ccc(C(=O)Nc2n[nH]c(C)c2C)cc1Cl. The molecule has 2 N–H and O–H groups in total. The van der Waals surface area contributed by atoms with Crippen LogP contribution in [-0.4, -0.2) is 16.1 Å². The lowest BCUT2D eigenvalue weighted by atomic mass is 10.1. The van der Waals surface area contributed by atoms with Gasteiger partial charge in [0.2, 0.25) is 0 Å².